The number of rotatable bonds is 2. The monoisotopic (exact) mass is 270 g/mol. The number of nitrogens with zero attached hydrogens (tertiary/aromatic N) is 1. The Kier molecular flexibility index (Phi) is 2.90. The van der Waals surface area contributed by atoms with Crippen LogP contribution in [0.4, 0.5) is 17.3 Å². The van der Waals surface area contributed by atoms with Gasteiger partial charge in [0.2, 0.25) is 11.8 Å². The van der Waals surface area contributed by atoms with E-state index in [-0.39, 0.29) is 5.91 Å². The molecule has 2 aromatic rings. The summed E-state index contributed by atoms with van der Waals surface area (Å²) in [6.07, 6.45) is 1.57. The van der Waals surface area contributed by atoms with E-state index < -0.39 is 0 Å². The number of furan rings is 1. The van der Waals surface area contributed by atoms with Gasteiger partial charge in [-0.1, -0.05) is 0 Å². The van der Waals surface area contributed by atoms with E-state index in [1.165, 1.54) is 6.92 Å². The van der Waals surface area contributed by atoms with Crippen molar-refractivity contribution in [2.45, 2.75) is 6.92 Å². The molecule has 0 radical (unpaired) electrons. The zero-order valence-corrected chi connectivity index (χ0v) is 10.9. The highest BCUT2D eigenvalue weighted by atomic mass is 16.3. The standard InChI is InChI=1S/C14H14N4O2/c1-9(19)17-10-2-4-11(5-3-10)18-8-16-14-12(13(18)15)6-7-20-14/h2-7,15-16H,8H2,1H3,(H,17,19). The van der Waals surface area contributed by atoms with Crippen LogP contribution >= 0.6 is 0 Å². The minimum atomic E-state index is -0.104. The molecule has 0 bridgehead atoms. The molecule has 0 fully saturated rings. The molecule has 1 aliphatic rings. The predicted octanol–water partition coefficient (Wildman–Crippen LogP) is 2.45. The third kappa shape index (κ3) is 2.11. The molecule has 1 aliphatic heterocycles. The van der Waals surface area contributed by atoms with Gasteiger partial charge < -0.3 is 20.0 Å². The Hall–Kier alpha value is -2.76. The Labute approximate surface area is 115 Å². The van der Waals surface area contributed by atoms with E-state index in [0.29, 0.717) is 18.4 Å². The highest BCUT2D eigenvalue weighted by molar-refractivity contribution is 6.12. The Morgan fingerprint density at radius 3 is 2.80 bits per heavy atom. The van der Waals surface area contributed by atoms with Gasteiger partial charge in [-0.3, -0.25) is 10.2 Å². The fourth-order valence-corrected chi connectivity index (χ4v) is 2.16. The van der Waals surface area contributed by atoms with Crippen LogP contribution in [-0.2, 0) is 4.79 Å². The van der Waals surface area contributed by atoms with Gasteiger partial charge in [0.05, 0.1) is 18.5 Å². The zero-order chi connectivity index (χ0) is 14.1. The number of anilines is 3. The molecule has 1 aromatic carbocycles. The Morgan fingerprint density at radius 2 is 2.10 bits per heavy atom. The van der Waals surface area contributed by atoms with Crippen molar-refractivity contribution in [3.8, 4) is 0 Å². The average molecular weight is 270 g/mol. The maximum atomic E-state index is 11.0. The molecule has 0 spiro atoms. The van der Waals surface area contributed by atoms with Crippen molar-refractivity contribution in [3.63, 3.8) is 0 Å². The maximum absolute atomic E-state index is 11.0. The minimum Gasteiger partial charge on any atom is -0.448 e. The molecule has 0 atom stereocenters. The number of carbonyl (C=O) groups excluding carboxylic acids is 1. The number of benzene rings is 1. The highest BCUT2D eigenvalue weighted by Crippen LogP contribution is 2.27. The van der Waals surface area contributed by atoms with Crippen molar-refractivity contribution in [1.29, 1.82) is 5.41 Å². The lowest BCUT2D eigenvalue weighted by Crippen LogP contribution is -2.39. The van der Waals surface area contributed by atoms with Crippen molar-refractivity contribution in [3.05, 3.63) is 42.2 Å². The normalized spacial score (nSPS) is 13.7. The molecule has 0 saturated carbocycles. The molecule has 6 heteroatoms. The van der Waals surface area contributed by atoms with E-state index in [0.717, 1.165) is 16.9 Å². The first-order chi connectivity index (χ1) is 9.65. The molecule has 3 rings (SSSR count). The number of nitrogens with one attached hydrogen (secondary N) is 3. The van der Waals surface area contributed by atoms with Gasteiger partial charge in [0.25, 0.3) is 0 Å². The molecule has 102 valence electrons. The second-order valence-corrected chi connectivity index (χ2v) is 4.50. The van der Waals surface area contributed by atoms with Crippen molar-refractivity contribution in [2.75, 3.05) is 22.2 Å². The first-order valence-electron chi connectivity index (χ1n) is 6.20. The lowest BCUT2D eigenvalue weighted by atomic mass is 10.2. The fraction of sp³-hybridized carbons (Fsp3) is 0.143. The van der Waals surface area contributed by atoms with Crippen LogP contribution in [0.1, 0.15) is 12.5 Å². The number of amidine groups is 1. The smallest absolute Gasteiger partial charge is 0.221 e. The average Bonchev–Trinajstić information content (AvgIpc) is 2.89. The lowest BCUT2D eigenvalue weighted by molar-refractivity contribution is -0.114. The number of amides is 1. The third-order valence-corrected chi connectivity index (χ3v) is 3.09. The zero-order valence-electron chi connectivity index (χ0n) is 10.9. The van der Waals surface area contributed by atoms with Gasteiger partial charge in [0.15, 0.2) is 0 Å². The summed E-state index contributed by atoms with van der Waals surface area (Å²) >= 11 is 0. The molecule has 1 aromatic heterocycles. The van der Waals surface area contributed by atoms with E-state index in [1.54, 1.807) is 12.3 Å². The van der Waals surface area contributed by atoms with Gasteiger partial charge in [0, 0.05) is 18.3 Å². The summed E-state index contributed by atoms with van der Waals surface area (Å²) in [6.45, 7) is 1.94. The van der Waals surface area contributed by atoms with E-state index in [1.807, 2.05) is 29.2 Å². The molecule has 3 N–H and O–H groups in total. The highest BCUT2D eigenvalue weighted by Gasteiger charge is 2.24. The summed E-state index contributed by atoms with van der Waals surface area (Å²) in [5, 5.41) is 14.0. The Balaban J connectivity index is 1.84. The van der Waals surface area contributed by atoms with Gasteiger partial charge in [-0.25, -0.2) is 0 Å². The van der Waals surface area contributed by atoms with Crippen molar-refractivity contribution in [2.24, 2.45) is 0 Å². The second kappa shape index (κ2) is 4.73. The van der Waals surface area contributed by atoms with Gasteiger partial charge in [0.1, 0.15) is 5.84 Å². The molecule has 2 heterocycles. The molecule has 0 saturated heterocycles. The first kappa shape index (κ1) is 12.3. The number of hydrogen-bond donors (Lipinski definition) is 3. The summed E-state index contributed by atoms with van der Waals surface area (Å²) in [4.78, 5) is 12.8. The van der Waals surface area contributed by atoms with Crippen LogP contribution < -0.4 is 15.5 Å². The van der Waals surface area contributed by atoms with Crippen molar-refractivity contribution < 1.29 is 9.21 Å². The Bertz CT molecular complexity index is 660. The Morgan fingerprint density at radius 1 is 1.35 bits per heavy atom. The lowest BCUT2D eigenvalue weighted by Gasteiger charge is -2.29. The number of fused-ring (bicyclic) bond motifs is 1. The summed E-state index contributed by atoms with van der Waals surface area (Å²) in [5.74, 6) is 0.911. The molecule has 20 heavy (non-hydrogen) atoms. The van der Waals surface area contributed by atoms with Crippen LogP contribution in [-0.4, -0.2) is 18.4 Å². The number of hydrogen-bond acceptors (Lipinski definition) is 4. The van der Waals surface area contributed by atoms with Crippen LogP contribution in [0.5, 0.6) is 0 Å². The summed E-state index contributed by atoms with van der Waals surface area (Å²) < 4.78 is 5.25. The third-order valence-electron chi connectivity index (χ3n) is 3.09. The van der Waals surface area contributed by atoms with Crippen LogP contribution in [0, 0.1) is 5.41 Å². The fourth-order valence-electron chi connectivity index (χ4n) is 2.16. The van der Waals surface area contributed by atoms with Gasteiger partial charge in [-0.2, -0.15) is 0 Å². The quantitative estimate of drug-likeness (QED) is 0.783. The van der Waals surface area contributed by atoms with Crippen LogP contribution in [0.2, 0.25) is 0 Å². The molecular weight excluding hydrogens is 256 g/mol. The summed E-state index contributed by atoms with van der Waals surface area (Å²) in [6, 6.07) is 9.13. The van der Waals surface area contributed by atoms with Gasteiger partial charge >= 0.3 is 0 Å². The van der Waals surface area contributed by atoms with Crippen molar-refractivity contribution >= 4 is 29.0 Å². The van der Waals surface area contributed by atoms with Crippen LogP contribution in [0.25, 0.3) is 0 Å². The molecule has 1 amide bonds. The van der Waals surface area contributed by atoms with E-state index in [2.05, 4.69) is 10.6 Å². The second-order valence-electron chi connectivity index (χ2n) is 4.50. The largest absolute Gasteiger partial charge is 0.448 e. The van der Waals surface area contributed by atoms with Gasteiger partial charge in [-0.15, -0.1) is 0 Å². The summed E-state index contributed by atoms with van der Waals surface area (Å²) in [5.41, 5.74) is 2.35. The van der Waals surface area contributed by atoms with Crippen LogP contribution in [0.15, 0.2) is 41.0 Å². The maximum Gasteiger partial charge on any atom is 0.221 e. The SMILES string of the molecule is CC(=O)Nc1ccc(N2CNc3occc3C2=N)cc1. The van der Waals surface area contributed by atoms with Crippen LogP contribution in [0.3, 0.4) is 0 Å². The molecule has 6 nitrogen and oxygen atoms in total. The minimum absolute atomic E-state index is 0.104. The molecular formula is C14H14N4O2. The first-order valence-corrected chi connectivity index (χ1v) is 6.20. The topological polar surface area (TPSA) is 81.4 Å². The predicted molar refractivity (Wildman–Crippen MR) is 77.3 cm³/mol. The van der Waals surface area contributed by atoms with E-state index in [4.69, 9.17) is 9.83 Å². The van der Waals surface area contributed by atoms with Crippen molar-refractivity contribution in [1.82, 2.24) is 0 Å². The molecule has 0 unspecified atom stereocenters. The van der Waals surface area contributed by atoms with Gasteiger partial charge in [-0.05, 0) is 30.3 Å². The molecule has 0 aliphatic carbocycles. The summed E-state index contributed by atoms with van der Waals surface area (Å²) in [7, 11) is 0. The number of carbonyl (C=O) groups is 1. The van der Waals surface area contributed by atoms with E-state index in [9.17, 15) is 4.79 Å². The van der Waals surface area contributed by atoms with E-state index >= 15 is 0 Å².